The van der Waals surface area contributed by atoms with E-state index in [1.807, 2.05) is 18.2 Å². The van der Waals surface area contributed by atoms with Crippen LogP contribution in [0.3, 0.4) is 0 Å². The molecule has 4 N–H and O–H groups in total. The molecular formula is C27H21F2N5O2. The Morgan fingerprint density at radius 1 is 0.917 bits per heavy atom. The number of carbonyl (C=O) groups is 2. The standard InChI is InChI=1S/C27H21F2N5O2/c28-20-11-16-12-23(32-22(16)13-21(20)29)26(36)33-27(9-2-10-27)17-5-7-18(8-6-17)31-25(35)19-4-1-3-15-14-30-34-24(15)19/h1,3-8,11-14,32H,2,9-10H2,(H,30,34)(H,31,35)(H,33,36). The summed E-state index contributed by atoms with van der Waals surface area (Å²) in [5.74, 6) is -2.54. The van der Waals surface area contributed by atoms with E-state index in [1.165, 1.54) is 6.07 Å². The highest BCUT2D eigenvalue weighted by Gasteiger charge is 2.40. The molecule has 6 rings (SSSR count). The minimum absolute atomic E-state index is 0.234. The summed E-state index contributed by atoms with van der Waals surface area (Å²) in [5.41, 5.74) is 2.75. The Kier molecular flexibility index (Phi) is 5.06. The number of amides is 2. The van der Waals surface area contributed by atoms with E-state index in [-0.39, 0.29) is 17.5 Å². The van der Waals surface area contributed by atoms with Crippen LogP contribution in [0, 0.1) is 11.6 Å². The lowest BCUT2D eigenvalue weighted by Gasteiger charge is -2.43. The molecule has 7 nitrogen and oxygen atoms in total. The summed E-state index contributed by atoms with van der Waals surface area (Å²) < 4.78 is 27.1. The van der Waals surface area contributed by atoms with Crippen molar-refractivity contribution >= 4 is 39.3 Å². The van der Waals surface area contributed by atoms with Gasteiger partial charge in [-0.3, -0.25) is 14.7 Å². The number of H-pyrrole nitrogens is 2. The largest absolute Gasteiger partial charge is 0.350 e. The zero-order valence-electron chi connectivity index (χ0n) is 19.0. The molecule has 1 saturated carbocycles. The van der Waals surface area contributed by atoms with E-state index in [9.17, 15) is 18.4 Å². The summed E-state index contributed by atoms with van der Waals surface area (Å²) in [7, 11) is 0. The quantitative estimate of drug-likeness (QED) is 0.269. The maximum atomic E-state index is 13.6. The lowest BCUT2D eigenvalue weighted by Crippen LogP contribution is -2.50. The molecular weight excluding hydrogens is 464 g/mol. The Morgan fingerprint density at radius 2 is 1.69 bits per heavy atom. The van der Waals surface area contributed by atoms with Gasteiger partial charge in [0.05, 0.1) is 22.8 Å². The van der Waals surface area contributed by atoms with Crippen LogP contribution in [-0.2, 0) is 5.54 Å². The summed E-state index contributed by atoms with van der Waals surface area (Å²) in [4.78, 5) is 28.7. The highest BCUT2D eigenvalue weighted by atomic mass is 19.2. The van der Waals surface area contributed by atoms with Gasteiger partial charge >= 0.3 is 0 Å². The second kappa shape index (κ2) is 8.30. The molecule has 1 aliphatic carbocycles. The Morgan fingerprint density at radius 3 is 2.44 bits per heavy atom. The molecule has 1 fully saturated rings. The van der Waals surface area contributed by atoms with Gasteiger partial charge in [0.1, 0.15) is 5.69 Å². The Hall–Kier alpha value is -4.53. The van der Waals surface area contributed by atoms with Gasteiger partial charge in [0.15, 0.2) is 11.6 Å². The number of nitrogens with one attached hydrogen (secondary N) is 4. The first kappa shape index (κ1) is 22.0. The van der Waals surface area contributed by atoms with Crippen molar-refractivity contribution in [2.24, 2.45) is 0 Å². The van der Waals surface area contributed by atoms with Crippen molar-refractivity contribution < 1.29 is 18.4 Å². The molecule has 0 unspecified atom stereocenters. The second-order valence-corrected chi connectivity index (χ2v) is 9.10. The predicted molar refractivity (Wildman–Crippen MR) is 132 cm³/mol. The molecule has 2 aromatic heterocycles. The fourth-order valence-electron chi connectivity index (χ4n) is 4.78. The number of aromatic amines is 2. The monoisotopic (exact) mass is 485 g/mol. The van der Waals surface area contributed by atoms with Crippen LogP contribution < -0.4 is 10.6 Å². The molecule has 0 aliphatic heterocycles. The van der Waals surface area contributed by atoms with Gasteiger partial charge in [-0.1, -0.05) is 24.3 Å². The summed E-state index contributed by atoms with van der Waals surface area (Å²) in [6.07, 6.45) is 4.14. The number of benzene rings is 3. The minimum Gasteiger partial charge on any atom is -0.350 e. The number of rotatable bonds is 5. The van der Waals surface area contributed by atoms with Gasteiger partial charge in [-0.2, -0.15) is 5.10 Å². The molecule has 5 aromatic rings. The van der Waals surface area contributed by atoms with Crippen LogP contribution in [0.25, 0.3) is 21.8 Å². The van der Waals surface area contributed by atoms with Crippen molar-refractivity contribution in [2.75, 3.05) is 5.32 Å². The van der Waals surface area contributed by atoms with Crippen LogP contribution in [0.2, 0.25) is 0 Å². The average molecular weight is 485 g/mol. The fraction of sp³-hybridized carbons (Fsp3) is 0.148. The van der Waals surface area contributed by atoms with E-state index in [1.54, 1.807) is 30.5 Å². The van der Waals surface area contributed by atoms with Crippen LogP contribution >= 0.6 is 0 Å². The van der Waals surface area contributed by atoms with Gasteiger partial charge < -0.3 is 15.6 Å². The topological polar surface area (TPSA) is 103 Å². The summed E-state index contributed by atoms with van der Waals surface area (Å²) in [6.45, 7) is 0. The van der Waals surface area contributed by atoms with Crippen LogP contribution in [-0.4, -0.2) is 27.0 Å². The number of para-hydroxylation sites is 1. The van der Waals surface area contributed by atoms with Crippen LogP contribution in [0.1, 0.15) is 45.7 Å². The van der Waals surface area contributed by atoms with E-state index in [2.05, 4.69) is 25.8 Å². The van der Waals surface area contributed by atoms with Gasteiger partial charge in [-0.05, 0) is 55.2 Å². The maximum absolute atomic E-state index is 13.6. The first-order valence-electron chi connectivity index (χ1n) is 11.6. The van der Waals surface area contributed by atoms with Gasteiger partial charge in [-0.25, -0.2) is 8.78 Å². The number of halogens is 2. The van der Waals surface area contributed by atoms with Gasteiger partial charge in [0, 0.05) is 28.0 Å². The molecule has 1 aliphatic rings. The lowest BCUT2D eigenvalue weighted by molar-refractivity contribution is 0.0818. The first-order chi connectivity index (χ1) is 17.4. The predicted octanol–water partition coefficient (Wildman–Crippen LogP) is 5.38. The maximum Gasteiger partial charge on any atom is 0.268 e. The highest BCUT2D eigenvalue weighted by Crippen LogP contribution is 2.42. The molecule has 0 radical (unpaired) electrons. The van der Waals surface area contributed by atoms with E-state index in [0.717, 1.165) is 42.3 Å². The minimum atomic E-state index is -0.972. The van der Waals surface area contributed by atoms with Crippen molar-refractivity contribution in [3.05, 3.63) is 95.3 Å². The van der Waals surface area contributed by atoms with Gasteiger partial charge in [0.25, 0.3) is 11.8 Å². The third kappa shape index (κ3) is 3.69. The molecule has 36 heavy (non-hydrogen) atoms. The normalized spacial score (nSPS) is 14.5. The fourth-order valence-corrected chi connectivity index (χ4v) is 4.78. The average Bonchev–Trinajstić information content (AvgIpc) is 3.49. The smallest absolute Gasteiger partial charge is 0.268 e. The van der Waals surface area contributed by atoms with E-state index in [4.69, 9.17) is 0 Å². The van der Waals surface area contributed by atoms with Crippen molar-refractivity contribution in [1.82, 2.24) is 20.5 Å². The number of aromatic nitrogens is 3. The molecule has 0 saturated heterocycles. The number of hydrogen-bond acceptors (Lipinski definition) is 3. The Labute approximate surface area is 203 Å². The van der Waals surface area contributed by atoms with Crippen molar-refractivity contribution in [3.63, 3.8) is 0 Å². The van der Waals surface area contributed by atoms with Gasteiger partial charge in [-0.15, -0.1) is 0 Å². The first-order valence-corrected chi connectivity index (χ1v) is 11.6. The Balaban J connectivity index is 1.20. The molecule has 9 heteroatoms. The number of fused-ring (bicyclic) bond motifs is 2. The zero-order valence-corrected chi connectivity index (χ0v) is 19.0. The lowest BCUT2D eigenvalue weighted by atomic mass is 9.71. The molecule has 0 spiro atoms. The van der Waals surface area contributed by atoms with E-state index in [0.29, 0.717) is 27.7 Å². The summed E-state index contributed by atoms with van der Waals surface area (Å²) >= 11 is 0. The second-order valence-electron chi connectivity index (χ2n) is 9.10. The van der Waals surface area contributed by atoms with E-state index < -0.39 is 17.2 Å². The SMILES string of the molecule is O=C(NC1(c2ccc(NC(=O)c3cccc4cn[nH]c34)cc2)CCC1)c1cc2cc(F)c(F)cc2[nH]1. The zero-order chi connectivity index (χ0) is 24.9. The molecule has 2 amide bonds. The third-order valence-electron chi connectivity index (χ3n) is 6.88. The number of nitrogens with zero attached hydrogens (tertiary/aromatic N) is 1. The van der Waals surface area contributed by atoms with Crippen molar-refractivity contribution in [1.29, 1.82) is 0 Å². The molecule has 2 heterocycles. The molecule has 3 aromatic carbocycles. The molecule has 180 valence electrons. The van der Waals surface area contributed by atoms with Crippen LogP contribution in [0.5, 0.6) is 0 Å². The summed E-state index contributed by atoms with van der Waals surface area (Å²) in [5, 5.41) is 14.1. The number of hydrogen-bond donors (Lipinski definition) is 4. The molecule has 0 bridgehead atoms. The van der Waals surface area contributed by atoms with Crippen LogP contribution in [0.4, 0.5) is 14.5 Å². The van der Waals surface area contributed by atoms with Crippen molar-refractivity contribution in [3.8, 4) is 0 Å². The third-order valence-corrected chi connectivity index (χ3v) is 6.88. The summed E-state index contributed by atoms with van der Waals surface area (Å²) in [6, 6.07) is 16.4. The van der Waals surface area contributed by atoms with Crippen LogP contribution in [0.15, 0.2) is 66.9 Å². The van der Waals surface area contributed by atoms with Gasteiger partial charge in [0.2, 0.25) is 0 Å². The van der Waals surface area contributed by atoms with Crippen molar-refractivity contribution in [2.45, 2.75) is 24.8 Å². The molecule has 0 atom stereocenters. The Bertz CT molecular complexity index is 1590. The van der Waals surface area contributed by atoms with E-state index >= 15 is 0 Å². The number of carbonyl (C=O) groups excluding carboxylic acids is 2. The number of anilines is 1. The highest BCUT2D eigenvalue weighted by molar-refractivity contribution is 6.11.